The summed E-state index contributed by atoms with van der Waals surface area (Å²) in [7, 11) is 1.26. The molecule has 4 aliphatic carbocycles. The van der Waals surface area contributed by atoms with E-state index in [9.17, 15) is 9.59 Å². The standard InChI is InChI=1S/C29H34O4P2/c1-34-21-7-3-5-18(14-21)27(30)32-24-16-29-12-11-23(25(29)17-9-10-20(29)13-17)26(24)33-28(31)19-6-4-8-22(15-19)35-2/h3-8,14-15,17,20,23-26,34-35H,9-13,16H2,1-2H3. The molecule has 9 unspecified atom stereocenters. The number of carbonyl (C=O) groups is 2. The fourth-order valence-electron chi connectivity index (χ4n) is 8.18. The van der Waals surface area contributed by atoms with Crippen LogP contribution >= 0.6 is 17.2 Å². The van der Waals surface area contributed by atoms with Gasteiger partial charge in [-0.2, -0.15) is 0 Å². The Labute approximate surface area is 211 Å². The van der Waals surface area contributed by atoms with Gasteiger partial charge in [-0.1, -0.05) is 41.4 Å². The van der Waals surface area contributed by atoms with E-state index in [0.717, 1.165) is 35.3 Å². The van der Waals surface area contributed by atoms with E-state index in [4.69, 9.17) is 9.47 Å². The number of esters is 2. The third-order valence-corrected chi connectivity index (χ3v) is 11.3. The SMILES string of the molecule is CPc1cccc(C(=O)OC2CC34CCC(C2OC(=O)c2cccc(PC)c2)C3C2CCC4C2)c1. The molecule has 0 spiro atoms. The summed E-state index contributed by atoms with van der Waals surface area (Å²) >= 11 is 0. The van der Waals surface area contributed by atoms with Crippen molar-refractivity contribution in [2.45, 2.75) is 50.7 Å². The predicted molar refractivity (Wildman–Crippen MR) is 143 cm³/mol. The lowest BCUT2D eigenvalue weighted by Gasteiger charge is -2.49. The van der Waals surface area contributed by atoms with Gasteiger partial charge in [0.05, 0.1) is 11.1 Å². The molecule has 0 aliphatic heterocycles. The van der Waals surface area contributed by atoms with Crippen LogP contribution in [0.3, 0.4) is 0 Å². The van der Waals surface area contributed by atoms with Gasteiger partial charge in [0.25, 0.3) is 0 Å². The van der Waals surface area contributed by atoms with E-state index in [2.05, 4.69) is 13.3 Å². The van der Waals surface area contributed by atoms with Crippen molar-refractivity contribution in [3.8, 4) is 0 Å². The van der Waals surface area contributed by atoms with Gasteiger partial charge < -0.3 is 9.47 Å². The van der Waals surface area contributed by atoms with E-state index in [-0.39, 0.29) is 29.6 Å². The number of hydrogen-bond acceptors (Lipinski definition) is 4. The minimum absolute atomic E-state index is 0.275. The van der Waals surface area contributed by atoms with Gasteiger partial charge in [0.1, 0.15) is 12.2 Å². The van der Waals surface area contributed by atoms with E-state index in [1.165, 1.54) is 25.7 Å². The second-order valence-electron chi connectivity index (χ2n) is 10.9. The third kappa shape index (κ3) is 3.96. The van der Waals surface area contributed by atoms with Gasteiger partial charge in [-0.25, -0.2) is 9.59 Å². The fourth-order valence-corrected chi connectivity index (χ4v) is 9.31. The smallest absolute Gasteiger partial charge is 0.338 e. The maximum atomic E-state index is 13.3. The largest absolute Gasteiger partial charge is 0.455 e. The van der Waals surface area contributed by atoms with Crippen molar-refractivity contribution in [3.63, 3.8) is 0 Å². The van der Waals surface area contributed by atoms with Crippen LogP contribution in [0, 0.1) is 29.1 Å². The molecule has 9 atom stereocenters. The van der Waals surface area contributed by atoms with E-state index < -0.39 is 0 Å². The Balaban J connectivity index is 1.29. The summed E-state index contributed by atoms with van der Waals surface area (Å²) in [5.41, 5.74) is 1.47. The maximum absolute atomic E-state index is 13.3. The molecule has 4 bridgehead atoms. The van der Waals surface area contributed by atoms with E-state index in [1.54, 1.807) is 0 Å². The zero-order valence-electron chi connectivity index (χ0n) is 20.5. The van der Waals surface area contributed by atoms with Gasteiger partial charge in [0.2, 0.25) is 0 Å². The van der Waals surface area contributed by atoms with Gasteiger partial charge in [0.15, 0.2) is 0 Å². The van der Waals surface area contributed by atoms with Crippen molar-refractivity contribution in [2.75, 3.05) is 13.3 Å². The molecule has 0 amide bonds. The lowest BCUT2D eigenvalue weighted by molar-refractivity contribution is -0.121. The molecule has 0 aromatic heterocycles. The zero-order valence-corrected chi connectivity index (χ0v) is 22.5. The minimum atomic E-state index is -0.376. The van der Waals surface area contributed by atoms with Crippen molar-refractivity contribution in [2.24, 2.45) is 29.1 Å². The summed E-state index contributed by atoms with van der Waals surface area (Å²) in [5.74, 6) is 1.82. The summed E-state index contributed by atoms with van der Waals surface area (Å²) in [4.78, 5) is 26.6. The van der Waals surface area contributed by atoms with Gasteiger partial charge in [-0.3, -0.25) is 0 Å². The topological polar surface area (TPSA) is 52.6 Å². The second-order valence-corrected chi connectivity index (χ2v) is 13.1. The van der Waals surface area contributed by atoms with Crippen LogP contribution in [0.2, 0.25) is 0 Å². The highest BCUT2D eigenvalue weighted by Gasteiger charge is 2.69. The van der Waals surface area contributed by atoms with Crippen LogP contribution in [0.15, 0.2) is 48.5 Å². The molecule has 184 valence electrons. The van der Waals surface area contributed by atoms with Crippen LogP contribution in [-0.4, -0.2) is 37.5 Å². The van der Waals surface area contributed by atoms with Crippen molar-refractivity contribution in [1.29, 1.82) is 0 Å². The molecular weight excluding hydrogens is 474 g/mol. The predicted octanol–water partition coefficient (Wildman–Crippen LogP) is 5.15. The summed E-state index contributed by atoms with van der Waals surface area (Å²) in [6.45, 7) is 4.23. The lowest BCUT2D eigenvalue weighted by Crippen LogP contribution is -2.53. The molecule has 4 nitrogen and oxygen atoms in total. The summed E-state index contributed by atoms with van der Waals surface area (Å²) < 4.78 is 12.6. The van der Waals surface area contributed by atoms with Gasteiger partial charge in [-0.15, -0.1) is 0 Å². The molecule has 35 heavy (non-hydrogen) atoms. The highest BCUT2D eigenvalue weighted by Crippen LogP contribution is 2.72. The van der Waals surface area contributed by atoms with Crippen LogP contribution in [0.25, 0.3) is 0 Å². The van der Waals surface area contributed by atoms with Crippen molar-refractivity contribution >= 4 is 39.7 Å². The summed E-state index contributed by atoms with van der Waals surface area (Å²) in [6.07, 6.45) is 6.28. The third-order valence-electron chi connectivity index (χ3n) is 9.51. The van der Waals surface area contributed by atoms with Crippen LogP contribution in [0.5, 0.6) is 0 Å². The molecule has 0 saturated heterocycles. The molecular formula is C29H34O4P2. The van der Waals surface area contributed by atoms with Gasteiger partial charge in [0, 0.05) is 5.92 Å². The number of hydrogen-bond donors (Lipinski definition) is 0. The Bertz CT molecular complexity index is 1150. The molecule has 0 radical (unpaired) electrons. The molecule has 4 aliphatic rings. The molecule has 6 rings (SSSR count). The summed E-state index contributed by atoms with van der Waals surface area (Å²) in [6, 6.07) is 15.5. The normalized spacial score (nSPS) is 35.1. The number of carbonyl (C=O) groups excluding carboxylic acids is 2. The quantitative estimate of drug-likeness (QED) is 0.400. The second kappa shape index (κ2) is 9.28. The molecule has 6 heteroatoms. The van der Waals surface area contributed by atoms with Crippen LogP contribution in [0.1, 0.15) is 59.2 Å². The fraction of sp³-hybridized carbons (Fsp3) is 0.517. The van der Waals surface area contributed by atoms with Crippen LogP contribution in [0.4, 0.5) is 0 Å². The van der Waals surface area contributed by atoms with Crippen LogP contribution in [-0.2, 0) is 9.47 Å². The molecule has 0 heterocycles. The Morgan fingerprint density at radius 1 is 0.886 bits per heavy atom. The maximum Gasteiger partial charge on any atom is 0.338 e. The van der Waals surface area contributed by atoms with Crippen molar-refractivity contribution < 1.29 is 19.1 Å². The molecule has 4 saturated carbocycles. The van der Waals surface area contributed by atoms with Gasteiger partial charge in [-0.05, 0) is 110 Å². The number of ether oxygens (including phenoxy) is 2. The highest BCUT2D eigenvalue weighted by atomic mass is 31.1. The molecule has 4 fully saturated rings. The van der Waals surface area contributed by atoms with E-state index >= 15 is 0 Å². The average molecular weight is 509 g/mol. The lowest BCUT2D eigenvalue weighted by atomic mass is 9.59. The molecule has 2 aromatic carbocycles. The van der Waals surface area contributed by atoms with Crippen molar-refractivity contribution in [3.05, 3.63) is 59.7 Å². The highest BCUT2D eigenvalue weighted by molar-refractivity contribution is 7.46. The Morgan fingerprint density at radius 3 is 2.20 bits per heavy atom. The van der Waals surface area contributed by atoms with Crippen molar-refractivity contribution in [1.82, 2.24) is 0 Å². The molecule has 2 aromatic rings. The first kappa shape index (κ1) is 23.6. The monoisotopic (exact) mass is 508 g/mol. The van der Waals surface area contributed by atoms with Gasteiger partial charge >= 0.3 is 11.9 Å². The summed E-state index contributed by atoms with van der Waals surface area (Å²) in [5, 5.41) is 2.30. The van der Waals surface area contributed by atoms with E-state index in [1.807, 2.05) is 48.5 Å². The number of fused-ring (bicyclic) bond motifs is 2. The van der Waals surface area contributed by atoms with Crippen LogP contribution < -0.4 is 10.6 Å². The zero-order chi connectivity index (χ0) is 24.2. The first-order valence-corrected chi connectivity index (χ1v) is 16.0. The Kier molecular flexibility index (Phi) is 6.26. The van der Waals surface area contributed by atoms with E-state index in [0.29, 0.717) is 40.1 Å². The average Bonchev–Trinajstić information content (AvgIpc) is 3.57. The Hall–Kier alpha value is -1.76. The number of benzene rings is 2. The minimum Gasteiger partial charge on any atom is -0.455 e. The Morgan fingerprint density at radius 2 is 1.54 bits per heavy atom. The molecule has 0 N–H and O–H groups in total. The first-order valence-electron chi connectivity index (χ1n) is 13.0. The first-order chi connectivity index (χ1) is 17.0. The number of rotatable bonds is 6.